The van der Waals surface area contributed by atoms with Crippen molar-refractivity contribution < 1.29 is 4.79 Å². The summed E-state index contributed by atoms with van der Waals surface area (Å²) in [6.45, 7) is 3.85. The Morgan fingerprint density at radius 3 is 2.62 bits per heavy atom. The number of rotatable bonds is 2. The minimum atomic E-state index is -0.142. The standard InChI is InChI=1S/C13H14BrNO/c1-8(14)13(16)12-9(2)15(3)11-7-5-4-6-10(11)12/h4-8H,1-3H3/t8-/m0/s1. The van der Waals surface area contributed by atoms with Gasteiger partial charge in [-0.1, -0.05) is 34.1 Å². The van der Waals surface area contributed by atoms with Crippen LogP contribution in [-0.2, 0) is 7.05 Å². The van der Waals surface area contributed by atoms with Crippen LogP contribution in [0.4, 0.5) is 0 Å². The number of ketones is 1. The molecule has 0 aliphatic rings. The zero-order chi connectivity index (χ0) is 11.9. The highest BCUT2D eigenvalue weighted by molar-refractivity contribution is 9.10. The molecule has 3 heteroatoms. The summed E-state index contributed by atoms with van der Waals surface area (Å²) < 4.78 is 2.07. The van der Waals surface area contributed by atoms with Gasteiger partial charge in [0, 0.05) is 29.2 Å². The van der Waals surface area contributed by atoms with Gasteiger partial charge in [-0.2, -0.15) is 0 Å². The number of fused-ring (bicyclic) bond motifs is 1. The van der Waals surface area contributed by atoms with Gasteiger partial charge in [0.25, 0.3) is 0 Å². The number of aromatic nitrogens is 1. The molecule has 0 spiro atoms. The van der Waals surface area contributed by atoms with E-state index >= 15 is 0 Å². The average molecular weight is 280 g/mol. The summed E-state index contributed by atoms with van der Waals surface area (Å²) >= 11 is 3.35. The molecule has 0 aliphatic heterocycles. The van der Waals surface area contributed by atoms with E-state index in [2.05, 4.69) is 20.5 Å². The lowest BCUT2D eigenvalue weighted by molar-refractivity contribution is 0.0996. The Morgan fingerprint density at radius 1 is 1.38 bits per heavy atom. The van der Waals surface area contributed by atoms with E-state index in [-0.39, 0.29) is 10.6 Å². The number of alkyl halides is 1. The number of aryl methyl sites for hydroxylation is 1. The van der Waals surface area contributed by atoms with Gasteiger partial charge in [-0.3, -0.25) is 4.79 Å². The lowest BCUT2D eigenvalue weighted by Gasteiger charge is -2.03. The molecule has 0 radical (unpaired) electrons. The number of Topliss-reactive ketones (excluding diaryl/α,β-unsaturated/α-hetero) is 1. The lowest BCUT2D eigenvalue weighted by atomic mass is 10.1. The molecule has 0 bridgehead atoms. The zero-order valence-corrected chi connectivity index (χ0v) is 11.2. The second-order valence-electron chi connectivity index (χ2n) is 4.02. The maximum Gasteiger partial charge on any atom is 0.178 e. The second-order valence-corrected chi connectivity index (χ2v) is 5.39. The van der Waals surface area contributed by atoms with E-state index in [0.29, 0.717) is 0 Å². The average Bonchev–Trinajstić information content (AvgIpc) is 2.52. The molecule has 1 aromatic heterocycles. The molecule has 0 N–H and O–H groups in total. The number of hydrogen-bond donors (Lipinski definition) is 0. The van der Waals surface area contributed by atoms with E-state index in [4.69, 9.17) is 0 Å². The molecule has 0 fully saturated rings. The van der Waals surface area contributed by atoms with Crippen molar-refractivity contribution in [2.75, 3.05) is 0 Å². The quantitative estimate of drug-likeness (QED) is 0.610. The van der Waals surface area contributed by atoms with E-state index in [0.717, 1.165) is 22.2 Å². The first kappa shape index (κ1) is 11.4. The lowest BCUT2D eigenvalue weighted by Crippen LogP contribution is -2.11. The first-order chi connectivity index (χ1) is 7.54. The number of benzene rings is 1. The maximum absolute atomic E-state index is 12.1. The van der Waals surface area contributed by atoms with Gasteiger partial charge in [-0.15, -0.1) is 0 Å². The van der Waals surface area contributed by atoms with Crippen LogP contribution in [-0.4, -0.2) is 15.2 Å². The smallest absolute Gasteiger partial charge is 0.178 e. The molecule has 0 aliphatic carbocycles. The largest absolute Gasteiger partial charge is 0.347 e. The van der Waals surface area contributed by atoms with Gasteiger partial charge in [-0.05, 0) is 19.9 Å². The third kappa shape index (κ3) is 1.59. The molecule has 16 heavy (non-hydrogen) atoms. The fraction of sp³-hybridized carbons (Fsp3) is 0.308. The molecule has 0 amide bonds. The van der Waals surface area contributed by atoms with Crippen LogP contribution in [0.25, 0.3) is 10.9 Å². The number of hydrogen-bond acceptors (Lipinski definition) is 1. The van der Waals surface area contributed by atoms with Gasteiger partial charge < -0.3 is 4.57 Å². The van der Waals surface area contributed by atoms with Crippen molar-refractivity contribution >= 4 is 32.6 Å². The van der Waals surface area contributed by atoms with E-state index < -0.39 is 0 Å². The van der Waals surface area contributed by atoms with Crippen molar-refractivity contribution in [1.29, 1.82) is 0 Å². The molecule has 1 aromatic carbocycles. The monoisotopic (exact) mass is 279 g/mol. The fourth-order valence-corrected chi connectivity index (χ4v) is 2.26. The van der Waals surface area contributed by atoms with Crippen molar-refractivity contribution in [3.8, 4) is 0 Å². The molecule has 0 saturated heterocycles. The second kappa shape index (κ2) is 4.06. The summed E-state index contributed by atoms with van der Waals surface area (Å²) in [5, 5.41) is 1.04. The van der Waals surface area contributed by atoms with Crippen molar-refractivity contribution in [2.45, 2.75) is 18.7 Å². The summed E-state index contributed by atoms with van der Waals surface area (Å²) in [5.74, 6) is 0.148. The SMILES string of the molecule is Cc1c(C(=O)[C@H](C)Br)c2ccccc2n1C. The number of carbonyl (C=O) groups is 1. The Morgan fingerprint density at radius 2 is 2.00 bits per heavy atom. The minimum absolute atomic E-state index is 0.142. The van der Waals surface area contributed by atoms with Crippen LogP contribution in [0.1, 0.15) is 23.0 Å². The van der Waals surface area contributed by atoms with Crippen molar-refractivity contribution in [2.24, 2.45) is 7.05 Å². The molecule has 2 aromatic rings. The van der Waals surface area contributed by atoms with Crippen molar-refractivity contribution in [3.63, 3.8) is 0 Å². The minimum Gasteiger partial charge on any atom is -0.347 e. The predicted octanol–water partition coefficient (Wildman–Crippen LogP) is 3.45. The van der Waals surface area contributed by atoms with Gasteiger partial charge in [0.05, 0.1) is 4.83 Å². The Kier molecular flexibility index (Phi) is 2.89. The molecule has 1 heterocycles. The third-order valence-corrected chi connectivity index (χ3v) is 3.42. The molecular weight excluding hydrogens is 266 g/mol. The Balaban J connectivity index is 2.79. The number of halogens is 1. The summed E-state index contributed by atoms with van der Waals surface area (Å²) in [6.07, 6.45) is 0. The van der Waals surface area contributed by atoms with Gasteiger partial charge in [0.2, 0.25) is 0 Å². The summed E-state index contributed by atoms with van der Waals surface area (Å²) in [5.41, 5.74) is 2.97. The molecule has 84 valence electrons. The first-order valence-electron chi connectivity index (χ1n) is 5.26. The normalized spacial score (nSPS) is 13.0. The summed E-state index contributed by atoms with van der Waals surface area (Å²) in [6, 6.07) is 8.01. The third-order valence-electron chi connectivity index (χ3n) is 3.01. The van der Waals surface area contributed by atoms with Gasteiger partial charge in [0.1, 0.15) is 0 Å². The van der Waals surface area contributed by atoms with E-state index in [1.807, 2.05) is 45.2 Å². The van der Waals surface area contributed by atoms with Crippen LogP contribution >= 0.6 is 15.9 Å². The van der Waals surface area contributed by atoms with Crippen molar-refractivity contribution in [3.05, 3.63) is 35.5 Å². The van der Waals surface area contributed by atoms with E-state index in [1.165, 1.54) is 0 Å². The van der Waals surface area contributed by atoms with E-state index in [1.54, 1.807) is 0 Å². The van der Waals surface area contributed by atoms with Crippen LogP contribution < -0.4 is 0 Å². The zero-order valence-electron chi connectivity index (χ0n) is 9.62. The van der Waals surface area contributed by atoms with Crippen molar-refractivity contribution in [1.82, 2.24) is 4.57 Å². The Hall–Kier alpha value is -1.09. The van der Waals surface area contributed by atoms with Crippen LogP contribution in [0.5, 0.6) is 0 Å². The highest BCUT2D eigenvalue weighted by Crippen LogP contribution is 2.26. The van der Waals surface area contributed by atoms with Crippen LogP contribution in [0.3, 0.4) is 0 Å². The molecule has 1 atom stereocenters. The first-order valence-corrected chi connectivity index (χ1v) is 6.18. The van der Waals surface area contributed by atoms with Gasteiger partial charge in [-0.25, -0.2) is 0 Å². The predicted molar refractivity (Wildman–Crippen MR) is 70.4 cm³/mol. The molecule has 0 saturated carbocycles. The van der Waals surface area contributed by atoms with Gasteiger partial charge in [0.15, 0.2) is 5.78 Å². The van der Waals surface area contributed by atoms with Gasteiger partial charge >= 0.3 is 0 Å². The highest BCUT2D eigenvalue weighted by Gasteiger charge is 2.20. The Labute approximate surface area is 103 Å². The topological polar surface area (TPSA) is 22.0 Å². The number of nitrogens with zero attached hydrogens (tertiary/aromatic N) is 1. The number of para-hydroxylation sites is 1. The number of carbonyl (C=O) groups excluding carboxylic acids is 1. The maximum atomic E-state index is 12.1. The Bertz CT molecular complexity index is 554. The van der Waals surface area contributed by atoms with Crippen LogP contribution in [0, 0.1) is 6.92 Å². The van der Waals surface area contributed by atoms with E-state index in [9.17, 15) is 4.79 Å². The molecule has 0 unspecified atom stereocenters. The summed E-state index contributed by atoms with van der Waals surface area (Å²) in [4.78, 5) is 12.0. The summed E-state index contributed by atoms with van der Waals surface area (Å²) in [7, 11) is 1.99. The molecule has 2 nitrogen and oxygen atoms in total. The van der Waals surface area contributed by atoms with Crippen LogP contribution in [0.2, 0.25) is 0 Å². The molecule has 2 rings (SSSR count). The fourth-order valence-electron chi connectivity index (χ4n) is 2.03. The van der Waals surface area contributed by atoms with Crippen LogP contribution in [0.15, 0.2) is 24.3 Å². The highest BCUT2D eigenvalue weighted by atomic mass is 79.9. The molecular formula is C13H14BrNO.